The zero-order valence-corrected chi connectivity index (χ0v) is 20.4. The van der Waals surface area contributed by atoms with Crippen LogP contribution in [0.2, 0.25) is 0 Å². The lowest BCUT2D eigenvalue weighted by molar-refractivity contribution is 1.18. The average Bonchev–Trinajstić information content (AvgIpc) is 3.31. The first-order valence-electron chi connectivity index (χ1n) is 12.7. The normalized spacial score (nSPS) is 11.2. The fourth-order valence-electron chi connectivity index (χ4n) is 5.38. The van der Waals surface area contributed by atoms with Crippen molar-refractivity contribution >= 4 is 21.8 Å². The highest BCUT2D eigenvalue weighted by Gasteiger charge is 2.15. The Hall–Kier alpha value is -4.88. The minimum Gasteiger partial charge on any atom is -0.309 e. The molecule has 1 nitrogen and oxygen atoms in total. The molecule has 0 aliphatic rings. The maximum atomic E-state index is 2.40. The van der Waals surface area contributed by atoms with Crippen molar-refractivity contribution in [3.8, 4) is 39.1 Å². The van der Waals surface area contributed by atoms with Crippen LogP contribution in [-0.2, 0) is 0 Å². The fraction of sp³-hybridized carbons (Fsp3) is 0. The van der Waals surface area contributed by atoms with Crippen LogP contribution in [0.25, 0.3) is 60.9 Å². The summed E-state index contributed by atoms with van der Waals surface area (Å²) in [5, 5.41) is 2.53. The van der Waals surface area contributed by atoms with Crippen LogP contribution < -0.4 is 0 Å². The summed E-state index contributed by atoms with van der Waals surface area (Å²) in [5.74, 6) is 0. The molecule has 0 spiro atoms. The molecule has 0 N–H and O–H groups in total. The van der Waals surface area contributed by atoms with Gasteiger partial charge in [0.2, 0.25) is 0 Å². The molecule has 1 aromatic heterocycles. The Kier molecular flexibility index (Phi) is 5.19. The van der Waals surface area contributed by atoms with E-state index in [2.05, 4.69) is 156 Å². The van der Waals surface area contributed by atoms with Crippen LogP contribution in [0.5, 0.6) is 0 Å². The Bertz CT molecular complexity index is 1750. The molecule has 0 atom stereocenters. The van der Waals surface area contributed by atoms with Crippen molar-refractivity contribution < 1.29 is 0 Å². The minimum absolute atomic E-state index is 1.17. The lowest BCUT2D eigenvalue weighted by Crippen LogP contribution is -1.94. The second kappa shape index (κ2) is 8.96. The summed E-state index contributed by atoms with van der Waals surface area (Å²) in [6, 6.07) is 54.4. The highest BCUT2D eigenvalue weighted by atomic mass is 15.0. The molecule has 1 heteroatoms. The van der Waals surface area contributed by atoms with E-state index in [1.54, 1.807) is 0 Å². The van der Waals surface area contributed by atoms with Crippen molar-refractivity contribution in [2.45, 2.75) is 0 Å². The third-order valence-corrected chi connectivity index (χ3v) is 7.19. The minimum atomic E-state index is 1.17. The van der Waals surface area contributed by atoms with Crippen LogP contribution in [0.1, 0.15) is 0 Å². The summed E-state index contributed by atoms with van der Waals surface area (Å²) in [5.41, 5.74) is 11.0. The van der Waals surface area contributed by atoms with E-state index < -0.39 is 0 Å². The van der Waals surface area contributed by atoms with E-state index in [9.17, 15) is 0 Å². The summed E-state index contributed by atoms with van der Waals surface area (Å²) in [6.07, 6.45) is 0. The molecule has 174 valence electrons. The largest absolute Gasteiger partial charge is 0.309 e. The van der Waals surface area contributed by atoms with Gasteiger partial charge in [-0.15, -0.1) is 0 Å². The van der Waals surface area contributed by atoms with Crippen LogP contribution in [-0.4, -0.2) is 4.57 Å². The first-order valence-corrected chi connectivity index (χ1v) is 12.7. The van der Waals surface area contributed by atoms with Gasteiger partial charge in [-0.05, 0) is 69.8 Å². The molecule has 0 saturated carbocycles. The fourth-order valence-corrected chi connectivity index (χ4v) is 5.38. The lowest BCUT2D eigenvalue weighted by atomic mass is 10.0. The van der Waals surface area contributed by atoms with E-state index in [-0.39, 0.29) is 0 Å². The van der Waals surface area contributed by atoms with Crippen molar-refractivity contribution in [1.29, 1.82) is 0 Å². The van der Waals surface area contributed by atoms with Gasteiger partial charge >= 0.3 is 0 Å². The Morgan fingerprint density at radius 1 is 0.297 bits per heavy atom. The second-order valence-electron chi connectivity index (χ2n) is 9.45. The van der Waals surface area contributed by atoms with Gasteiger partial charge in [0, 0.05) is 16.5 Å². The van der Waals surface area contributed by atoms with Crippen molar-refractivity contribution in [3.63, 3.8) is 0 Å². The van der Waals surface area contributed by atoms with Gasteiger partial charge in [0.1, 0.15) is 0 Å². The molecule has 0 aliphatic carbocycles. The molecule has 7 aromatic rings. The Morgan fingerprint density at radius 3 is 1.16 bits per heavy atom. The van der Waals surface area contributed by atoms with Crippen LogP contribution in [0, 0.1) is 0 Å². The van der Waals surface area contributed by atoms with Gasteiger partial charge < -0.3 is 4.57 Å². The molecule has 0 aliphatic heterocycles. The molecule has 0 fully saturated rings. The summed E-state index contributed by atoms with van der Waals surface area (Å²) in [4.78, 5) is 0. The standard InChI is InChI=1S/C36H25N/c1-4-11-26(12-5-1)29-17-10-18-32(23-29)37-35-21-19-30(27-13-6-2-7-14-27)24-33(35)34-25-31(20-22-36(34)37)28-15-8-3-9-16-28/h1-25H. The monoisotopic (exact) mass is 471 g/mol. The van der Waals surface area contributed by atoms with E-state index in [0.717, 1.165) is 0 Å². The molecule has 0 unspecified atom stereocenters. The van der Waals surface area contributed by atoms with E-state index in [1.807, 2.05) is 0 Å². The quantitative estimate of drug-likeness (QED) is 0.241. The predicted molar refractivity (Wildman–Crippen MR) is 157 cm³/mol. The number of aromatic nitrogens is 1. The van der Waals surface area contributed by atoms with Crippen LogP contribution >= 0.6 is 0 Å². The Labute approximate surface area is 216 Å². The summed E-state index contributed by atoms with van der Waals surface area (Å²) in [7, 11) is 0. The molecule has 37 heavy (non-hydrogen) atoms. The van der Waals surface area contributed by atoms with Gasteiger partial charge in [-0.25, -0.2) is 0 Å². The van der Waals surface area contributed by atoms with Gasteiger partial charge in [0.25, 0.3) is 0 Å². The number of fused-ring (bicyclic) bond motifs is 3. The third kappa shape index (κ3) is 3.82. The van der Waals surface area contributed by atoms with E-state index in [1.165, 1.54) is 60.9 Å². The zero-order chi connectivity index (χ0) is 24.6. The topological polar surface area (TPSA) is 4.93 Å². The van der Waals surface area contributed by atoms with Gasteiger partial charge in [0.15, 0.2) is 0 Å². The second-order valence-corrected chi connectivity index (χ2v) is 9.45. The van der Waals surface area contributed by atoms with E-state index >= 15 is 0 Å². The molecular weight excluding hydrogens is 446 g/mol. The van der Waals surface area contributed by atoms with Gasteiger partial charge in [-0.1, -0.05) is 115 Å². The molecule has 0 saturated heterocycles. The van der Waals surface area contributed by atoms with Crippen molar-refractivity contribution in [3.05, 3.63) is 152 Å². The molecule has 7 rings (SSSR count). The summed E-state index contributed by atoms with van der Waals surface area (Å²) in [6.45, 7) is 0. The summed E-state index contributed by atoms with van der Waals surface area (Å²) < 4.78 is 2.40. The van der Waals surface area contributed by atoms with Gasteiger partial charge in [0.05, 0.1) is 11.0 Å². The third-order valence-electron chi connectivity index (χ3n) is 7.19. The highest BCUT2D eigenvalue weighted by molar-refractivity contribution is 6.11. The van der Waals surface area contributed by atoms with Crippen molar-refractivity contribution in [2.75, 3.05) is 0 Å². The molecular formula is C36H25N. The predicted octanol–water partition coefficient (Wildman–Crippen LogP) is 9.78. The number of rotatable bonds is 4. The maximum absolute atomic E-state index is 2.40. The smallest absolute Gasteiger partial charge is 0.0541 e. The molecule has 0 radical (unpaired) electrons. The summed E-state index contributed by atoms with van der Waals surface area (Å²) >= 11 is 0. The van der Waals surface area contributed by atoms with E-state index in [4.69, 9.17) is 0 Å². The molecule has 0 bridgehead atoms. The maximum Gasteiger partial charge on any atom is 0.0541 e. The average molecular weight is 472 g/mol. The first kappa shape index (κ1) is 21.4. The first-order chi connectivity index (χ1) is 18.3. The van der Waals surface area contributed by atoms with Gasteiger partial charge in [-0.2, -0.15) is 0 Å². The van der Waals surface area contributed by atoms with Crippen LogP contribution in [0.4, 0.5) is 0 Å². The zero-order valence-electron chi connectivity index (χ0n) is 20.4. The van der Waals surface area contributed by atoms with Gasteiger partial charge in [-0.3, -0.25) is 0 Å². The number of benzene rings is 6. The van der Waals surface area contributed by atoms with Crippen molar-refractivity contribution in [2.24, 2.45) is 0 Å². The number of hydrogen-bond donors (Lipinski definition) is 0. The highest BCUT2D eigenvalue weighted by Crippen LogP contribution is 2.37. The molecule has 1 heterocycles. The SMILES string of the molecule is c1ccc(-c2cccc(-n3c4ccc(-c5ccccc5)cc4c4cc(-c5ccccc5)ccc43)c2)cc1. The van der Waals surface area contributed by atoms with Crippen molar-refractivity contribution in [1.82, 2.24) is 4.57 Å². The number of nitrogens with zero attached hydrogens (tertiary/aromatic N) is 1. The van der Waals surface area contributed by atoms with Crippen LogP contribution in [0.3, 0.4) is 0 Å². The Morgan fingerprint density at radius 2 is 0.703 bits per heavy atom. The van der Waals surface area contributed by atoms with Crippen LogP contribution in [0.15, 0.2) is 152 Å². The Balaban J connectivity index is 1.50. The van der Waals surface area contributed by atoms with E-state index in [0.29, 0.717) is 0 Å². The molecule has 6 aromatic carbocycles. The lowest BCUT2D eigenvalue weighted by Gasteiger charge is -2.11. The number of hydrogen-bond acceptors (Lipinski definition) is 0. The molecule has 0 amide bonds.